The molecule has 2 aliphatic rings. The zero-order chi connectivity index (χ0) is 26.4. The van der Waals surface area contributed by atoms with Crippen molar-refractivity contribution in [1.29, 1.82) is 5.26 Å². The summed E-state index contributed by atoms with van der Waals surface area (Å²) in [6.07, 6.45) is 5.61. The molecule has 5 rings (SSSR count). The number of aromatic carboxylic acids is 1. The van der Waals surface area contributed by atoms with Crippen LogP contribution in [0.4, 0.5) is 5.69 Å². The number of nitrogens with one attached hydrogen (secondary N) is 1. The first-order valence-electron chi connectivity index (χ1n) is 11.7. The van der Waals surface area contributed by atoms with Crippen molar-refractivity contribution >= 4 is 58.2 Å². The van der Waals surface area contributed by atoms with Gasteiger partial charge in [-0.05, 0) is 99.3 Å². The number of hydrogen-bond acceptors (Lipinski definition) is 6. The lowest BCUT2D eigenvalue weighted by Gasteiger charge is -2.29. The highest BCUT2D eigenvalue weighted by Gasteiger charge is 2.35. The van der Waals surface area contributed by atoms with Gasteiger partial charge in [-0.25, -0.2) is 4.79 Å². The van der Waals surface area contributed by atoms with Crippen LogP contribution in [0.15, 0.2) is 35.9 Å². The van der Waals surface area contributed by atoms with Crippen molar-refractivity contribution in [3.05, 3.63) is 74.4 Å². The van der Waals surface area contributed by atoms with Crippen LogP contribution < -0.4 is 10.2 Å². The smallest absolute Gasteiger partial charge is 0.335 e. The maximum absolute atomic E-state index is 13.4. The molecule has 0 saturated carbocycles. The number of fused-ring (bicyclic) bond motifs is 1. The summed E-state index contributed by atoms with van der Waals surface area (Å²) in [5, 5.41) is 22.4. The fraction of sp³-hybridized carbons (Fsp3) is 0.222. The van der Waals surface area contributed by atoms with Gasteiger partial charge in [0.05, 0.1) is 16.8 Å². The molecule has 0 spiro atoms. The molecule has 2 aromatic heterocycles. The number of amides is 2. The van der Waals surface area contributed by atoms with Gasteiger partial charge < -0.3 is 9.67 Å². The molecule has 37 heavy (non-hydrogen) atoms. The summed E-state index contributed by atoms with van der Waals surface area (Å²) in [5.74, 6) is -2.30. The lowest BCUT2D eigenvalue weighted by Crippen LogP contribution is -2.54. The van der Waals surface area contributed by atoms with Gasteiger partial charge in [-0.2, -0.15) is 5.26 Å². The van der Waals surface area contributed by atoms with E-state index in [1.165, 1.54) is 40.1 Å². The van der Waals surface area contributed by atoms with E-state index >= 15 is 0 Å². The number of thiocarbonyl (C=S) groups is 1. The number of benzene rings is 1. The van der Waals surface area contributed by atoms with Crippen LogP contribution in [0, 0.1) is 25.2 Å². The molecule has 0 atom stereocenters. The minimum atomic E-state index is -1.09. The average molecular weight is 531 g/mol. The monoisotopic (exact) mass is 530 g/mol. The van der Waals surface area contributed by atoms with Crippen molar-refractivity contribution in [2.75, 3.05) is 4.90 Å². The minimum absolute atomic E-state index is 0.0679. The second-order valence-corrected chi connectivity index (χ2v) is 10.4. The van der Waals surface area contributed by atoms with Crippen molar-refractivity contribution in [2.24, 2.45) is 0 Å². The molecule has 10 heteroatoms. The van der Waals surface area contributed by atoms with Gasteiger partial charge in [-0.3, -0.25) is 19.8 Å². The van der Waals surface area contributed by atoms with E-state index in [0.717, 1.165) is 47.6 Å². The van der Waals surface area contributed by atoms with E-state index in [2.05, 4.69) is 11.4 Å². The minimum Gasteiger partial charge on any atom is -0.478 e. The van der Waals surface area contributed by atoms with E-state index in [0.29, 0.717) is 16.8 Å². The third kappa shape index (κ3) is 4.16. The van der Waals surface area contributed by atoms with Gasteiger partial charge >= 0.3 is 5.97 Å². The Morgan fingerprint density at radius 1 is 1.19 bits per heavy atom. The van der Waals surface area contributed by atoms with Gasteiger partial charge in [0.15, 0.2) is 5.11 Å². The Labute approximate surface area is 222 Å². The van der Waals surface area contributed by atoms with Crippen molar-refractivity contribution in [3.8, 4) is 11.1 Å². The fourth-order valence-corrected chi connectivity index (χ4v) is 6.60. The van der Waals surface area contributed by atoms with Crippen molar-refractivity contribution < 1.29 is 19.5 Å². The average Bonchev–Trinajstić information content (AvgIpc) is 3.37. The predicted octanol–water partition coefficient (Wildman–Crippen LogP) is 4.44. The van der Waals surface area contributed by atoms with Crippen LogP contribution in [-0.4, -0.2) is 32.6 Å². The highest BCUT2D eigenvalue weighted by atomic mass is 32.1. The van der Waals surface area contributed by atoms with E-state index in [-0.39, 0.29) is 16.2 Å². The fourth-order valence-electron chi connectivity index (χ4n) is 4.87. The van der Waals surface area contributed by atoms with Gasteiger partial charge in [0.1, 0.15) is 16.6 Å². The molecule has 3 heterocycles. The summed E-state index contributed by atoms with van der Waals surface area (Å²) in [6.45, 7) is 3.83. The number of aromatic nitrogens is 1. The topological polar surface area (TPSA) is 115 Å². The van der Waals surface area contributed by atoms with E-state index in [4.69, 9.17) is 17.3 Å². The summed E-state index contributed by atoms with van der Waals surface area (Å²) in [5.41, 5.74) is 4.54. The number of carbonyl (C=O) groups is 3. The number of carboxylic acid groups (broad SMARTS) is 1. The number of carbonyl (C=O) groups excluding carboxylic acids is 2. The third-order valence-electron chi connectivity index (χ3n) is 6.71. The van der Waals surface area contributed by atoms with Crippen LogP contribution in [-0.2, 0) is 22.4 Å². The molecule has 0 bridgehead atoms. The number of carboxylic acids is 1. The molecule has 1 aliphatic heterocycles. The predicted molar refractivity (Wildman–Crippen MR) is 144 cm³/mol. The molecule has 1 fully saturated rings. The van der Waals surface area contributed by atoms with E-state index < -0.39 is 17.8 Å². The van der Waals surface area contributed by atoms with Gasteiger partial charge in [0.2, 0.25) is 0 Å². The molecule has 3 aromatic rings. The van der Waals surface area contributed by atoms with Gasteiger partial charge in [0.25, 0.3) is 11.8 Å². The zero-order valence-electron chi connectivity index (χ0n) is 20.1. The van der Waals surface area contributed by atoms with E-state index in [9.17, 15) is 19.6 Å². The molecule has 1 aromatic carbocycles. The summed E-state index contributed by atoms with van der Waals surface area (Å²) in [7, 11) is 0. The van der Waals surface area contributed by atoms with Crippen LogP contribution in [0.2, 0.25) is 0 Å². The quantitative estimate of drug-likeness (QED) is 0.293. The number of hydrogen-bond donors (Lipinski definition) is 2. The van der Waals surface area contributed by atoms with Crippen molar-refractivity contribution in [3.63, 3.8) is 0 Å². The van der Waals surface area contributed by atoms with Crippen molar-refractivity contribution in [2.45, 2.75) is 39.5 Å². The molecule has 8 nitrogen and oxygen atoms in total. The SMILES string of the molecule is Cc1cc(/C=C2/C(=O)NC(=S)N(c3ccc(C(=O)O)cc3)C2=O)c(C)n1-c1sc2c(c1C#N)CCCC2. The Morgan fingerprint density at radius 3 is 2.57 bits per heavy atom. The largest absolute Gasteiger partial charge is 0.478 e. The number of rotatable bonds is 4. The Balaban J connectivity index is 1.55. The molecule has 0 radical (unpaired) electrons. The number of nitriles is 1. The lowest BCUT2D eigenvalue weighted by atomic mass is 9.96. The molecule has 1 aliphatic carbocycles. The molecule has 0 unspecified atom stereocenters. The first-order valence-corrected chi connectivity index (χ1v) is 12.9. The second-order valence-electron chi connectivity index (χ2n) is 8.97. The number of thiophene rings is 1. The number of nitrogens with zero attached hydrogens (tertiary/aromatic N) is 3. The summed E-state index contributed by atoms with van der Waals surface area (Å²) < 4.78 is 2.02. The van der Waals surface area contributed by atoms with Crippen LogP contribution >= 0.6 is 23.6 Å². The van der Waals surface area contributed by atoms with Gasteiger partial charge in [-0.1, -0.05) is 0 Å². The molecular formula is C27H22N4O4S2. The third-order valence-corrected chi connectivity index (χ3v) is 8.27. The van der Waals surface area contributed by atoms with Crippen molar-refractivity contribution in [1.82, 2.24) is 9.88 Å². The number of anilines is 1. The Kier molecular flexibility index (Phi) is 6.27. The summed E-state index contributed by atoms with van der Waals surface area (Å²) in [4.78, 5) is 39.8. The number of aryl methyl sites for hydroxylation is 2. The molecule has 186 valence electrons. The summed E-state index contributed by atoms with van der Waals surface area (Å²) >= 11 is 6.88. The first-order chi connectivity index (χ1) is 17.7. The van der Waals surface area contributed by atoms with Crippen LogP contribution in [0.5, 0.6) is 0 Å². The molecule has 2 N–H and O–H groups in total. The molecule has 2 amide bonds. The Morgan fingerprint density at radius 2 is 1.89 bits per heavy atom. The van der Waals surface area contributed by atoms with Crippen LogP contribution in [0.25, 0.3) is 11.1 Å². The zero-order valence-corrected chi connectivity index (χ0v) is 21.8. The highest BCUT2D eigenvalue weighted by molar-refractivity contribution is 7.80. The second kappa shape index (κ2) is 9.42. The Hall–Kier alpha value is -4.07. The highest BCUT2D eigenvalue weighted by Crippen LogP contribution is 2.38. The van der Waals surface area contributed by atoms with Crippen LogP contribution in [0.1, 0.15) is 56.2 Å². The first kappa shape index (κ1) is 24.6. The van der Waals surface area contributed by atoms with Crippen LogP contribution in [0.3, 0.4) is 0 Å². The van der Waals surface area contributed by atoms with Gasteiger partial charge in [-0.15, -0.1) is 11.3 Å². The molecule has 1 saturated heterocycles. The summed E-state index contributed by atoms with van der Waals surface area (Å²) in [6, 6.07) is 9.97. The standard InChI is InChI=1S/C27H22N4O4S2/c1-14-11-17(15(2)30(14)25-21(13-28)19-5-3-4-6-22(19)37-25)12-20-23(32)29-27(36)31(24(20)33)18-9-7-16(8-10-18)26(34)35/h7-12H,3-6H2,1-2H3,(H,34,35)(H,29,32,36)/b20-12-. The van der Waals surface area contributed by atoms with E-state index in [1.54, 1.807) is 11.3 Å². The Bertz CT molecular complexity index is 1570. The maximum Gasteiger partial charge on any atom is 0.335 e. The maximum atomic E-state index is 13.4. The van der Waals surface area contributed by atoms with Gasteiger partial charge in [0, 0.05) is 16.3 Å². The lowest BCUT2D eigenvalue weighted by molar-refractivity contribution is -0.122. The molecular weight excluding hydrogens is 508 g/mol. The normalized spacial score (nSPS) is 16.5. The van der Waals surface area contributed by atoms with E-state index in [1.807, 2.05) is 24.5 Å².